The average Bonchev–Trinajstić information content (AvgIpc) is 3.67. The monoisotopic (exact) mass is 570 g/mol. The summed E-state index contributed by atoms with van der Waals surface area (Å²) in [6.07, 6.45) is 7.52. The number of nitrogens with zero attached hydrogens (tertiary/aromatic N) is 6. The number of alkyl halides is 3. The van der Waals surface area contributed by atoms with Gasteiger partial charge in [0.25, 0.3) is 0 Å². The first-order valence-corrected chi connectivity index (χ1v) is 12.5. The Morgan fingerprint density at radius 1 is 0.929 bits per heavy atom. The van der Waals surface area contributed by atoms with Gasteiger partial charge in [0.2, 0.25) is 0 Å². The second kappa shape index (κ2) is 10.7. The first-order valence-electron chi connectivity index (χ1n) is 12.5. The highest BCUT2D eigenvalue weighted by Crippen LogP contribution is 2.35. The van der Waals surface area contributed by atoms with Crippen LogP contribution >= 0.6 is 0 Å². The lowest BCUT2D eigenvalue weighted by molar-refractivity contribution is -0.137. The minimum absolute atomic E-state index is 0.0856. The van der Waals surface area contributed by atoms with Crippen molar-refractivity contribution in [1.82, 2.24) is 28.9 Å². The maximum Gasteiger partial charge on any atom is 0.416 e. The number of imidazole rings is 2. The number of hydrogen-bond acceptors (Lipinski definition) is 6. The summed E-state index contributed by atoms with van der Waals surface area (Å²) in [6, 6.07) is 12.7. The van der Waals surface area contributed by atoms with E-state index in [2.05, 4.69) is 25.6 Å². The van der Waals surface area contributed by atoms with Gasteiger partial charge in [-0.05, 0) is 42.5 Å². The van der Waals surface area contributed by atoms with E-state index in [9.17, 15) is 18.0 Å². The normalized spacial score (nSPS) is 11.4. The number of halogens is 3. The van der Waals surface area contributed by atoms with Crippen LogP contribution < -0.4 is 15.4 Å². The highest BCUT2D eigenvalue weighted by molar-refractivity contribution is 6.01. The van der Waals surface area contributed by atoms with E-state index in [1.165, 1.54) is 7.11 Å². The van der Waals surface area contributed by atoms with Crippen molar-refractivity contribution in [2.75, 3.05) is 17.7 Å². The molecule has 4 aromatic heterocycles. The molecule has 2 aromatic carbocycles. The van der Waals surface area contributed by atoms with E-state index in [1.807, 2.05) is 27.2 Å². The van der Waals surface area contributed by atoms with Crippen molar-refractivity contribution in [1.29, 1.82) is 0 Å². The summed E-state index contributed by atoms with van der Waals surface area (Å²) in [4.78, 5) is 30.8. The van der Waals surface area contributed by atoms with Crippen LogP contribution in [0.5, 0.6) is 5.75 Å². The smallest absolute Gasteiger partial charge is 0.416 e. The summed E-state index contributed by atoms with van der Waals surface area (Å²) in [5, 5.41) is 5.09. The third kappa shape index (κ3) is 5.22. The molecular formula is C29H21F3N8O2. The lowest BCUT2D eigenvalue weighted by Crippen LogP contribution is -2.20. The molecule has 0 fully saturated rings. The van der Waals surface area contributed by atoms with Gasteiger partial charge in [0.15, 0.2) is 11.5 Å². The molecule has 2 N–H and O–H groups in total. The van der Waals surface area contributed by atoms with E-state index >= 15 is 0 Å². The molecule has 0 bridgehead atoms. The average molecular weight is 571 g/mol. The molecule has 0 atom stereocenters. The number of carbonyl (C=O) groups is 1. The van der Waals surface area contributed by atoms with Crippen molar-refractivity contribution in [3.63, 3.8) is 0 Å². The zero-order valence-electron chi connectivity index (χ0n) is 21.9. The Bertz CT molecular complexity index is 1900. The number of hydrogen-bond donors (Lipinski definition) is 2. The minimum atomic E-state index is -4.58. The number of urea groups is 1. The Balaban J connectivity index is 1.31. The standard InChI is InChI=1S/C29H21F3N8O2/c1-42-24-8-7-20(29(30,31)32)15-22(24)38-28(41)36-21-6-2-4-18(14-21)23-17-39-12-10-35-26(39)27(37-23)40-13-11-34-25(40)19-5-3-9-33-16-19/h2-17H,1H3,(H2,36,38,41). The second-order valence-electron chi connectivity index (χ2n) is 9.04. The highest BCUT2D eigenvalue weighted by Gasteiger charge is 2.31. The third-order valence-corrected chi connectivity index (χ3v) is 6.34. The van der Waals surface area contributed by atoms with Gasteiger partial charge in [0.1, 0.15) is 11.6 Å². The second-order valence-corrected chi connectivity index (χ2v) is 9.04. The third-order valence-electron chi connectivity index (χ3n) is 6.34. The predicted molar refractivity (Wildman–Crippen MR) is 149 cm³/mol. The molecule has 6 rings (SSSR count). The lowest BCUT2D eigenvalue weighted by Gasteiger charge is -2.15. The van der Waals surface area contributed by atoms with E-state index in [-0.39, 0.29) is 11.4 Å². The van der Waals surface area contributed by atoms with Crippen molar-refractivity contribution < 1.29 is 22.7 Å². The minimum Gasteiger partial charge on any atom is -0.495 e. The molecule has 210 valence electrons. The van der Waals surface area contributed by atoms with E-state index in [0.717, 1.165) is 23.8 Å². The molecule has 4 heterocycles. The summed E-state index contributed by atoms with van der Waals surface area (Å²) in [5.41, 5.74) is 2.00. The zero-order valence-corrected chi connectivity index (χ0v) is 21.9. The molecule has 42 heavy (non-hydrogen) atoms. The molecule has 0 saturated heterocycles. The highest BCUT2D eigenvalue weighted by atomic mass is 19.4. The maximum absolute atomic E-state index is 13.2. The number of amides is 2. The maximum atomic E-state index is 13.2. The Kier molecular flexibility index (Phi) is 6.74. The Labute approximate surface area is 236 Å². The van der Waals surface area contributed by atoms with Crippen molar-refractivity contribution in [3.05, 3.63) is 104 Å². The van der Waals surface area contributed by atoms with Gasteiger partial charge in [0, 0.05) is 60.2 Å². The van der Waals surface area contributed by atoms with Crippen LogP contribution in [0.15, 0.2) is 98.0 Å². The summed E-state index contributed by atoms with van der Waals surface area (Å²) < 4.78 is 48.4. The summed E-state index contributed by atoms with van der Waals surface area (Å²) >= 11 is 0. The van der Waals surface area contributed by atoms with Gasteiger partial charge in [-0.25, -0.2) is 19.7 Å². The van der Waals surface area contributed by atoms with Crippen LogP contribution in [0.2, 0.25) is 0 Å². The molecule has 2 amide bonds. The molecule has 13 heteroatoms. The number of methoxy groups -OCH3 is 1. The molecule has 6 aromatic rings. The molecule has 0 spiro atoms. The summed E-state index contributed by atoms with van der Waals surface area (Å²) in [5.74, 6) is 1.25. The van der Waals surface area contributed by atoms with Crippen LogP contribution in [0.1, 0.15) is 5.56 Å². The first-order chi connectivity index (χ1) is 20.3. The number of ether oxygens (including phenoxy) is 1. The van der Waals surface area contributed by atoms with Gasteiger partial charge in [0.05, 0.1) is 24.1 Å². The van der Waals surface area contributed by atoms with Gasteiger partial charge < -0.3 is 19.8 Å². The molecule has 0 aliphatic rings. The first kappa shape index (κ1) is 26.5. The van der Waals surface area contributed by atoms with Crippen LogP contribution in [0.4, 0.5) is 29.3 Å². The largest absolute Gasteiger partial charge is 0.495 e. The van der Waals surface area contributed by atoms with E-state index in [1.54, 1.807) is 61.6 Å². The Hall–Kier alpha value is -5.72. The van der Waals surface area contributed by atoms with Gasteiger partial charge in [-0.15, -0.1) is 0 Å². The van der Waals surface area contributed by atoms with Crippen LogP contribution in [0.25, 0.3) is 34.1 Å². The molecule has 0 radical (unpaired) electrons. The molecule has 0 aliphatic heterocycles. The van der Waals surface area contributed by atoms with E-state index in [4.69, 9.17) is 9.72 Å². The van der Waals surface area contributed by atoms with Crippen LogP contribution in [0, 0.1) is 0 Å². The van der Waals surface area contributed by atoms with Gasteiger partial charge in [-0.1, -0.05) is 12.1 Å². The van der Waals surface area contributed by atoms with Gasteiger partial charge >= 0.3 is 12.2 Å². The van der Waals surface area contributed by atoms with Crippen LogP contribution in [-0.4, -0.2) is 42.0 Å². The topological polar surface area (TPSA) is 111 Å². The lowest BCUT2D eigenvalue weighted by atomic mass is 10.1. The van der Waals surface area contributed by atoms with Gasteiger partial charge in [-0.3, -0.25) is 9.55 Å². The quantitative estimate of drug-likeness (QED) is 0.243. The number of carbonyl (C=O) groups excluding carboxylic acids is 1. The predicted octanol–water partition coefficient (Wildman–Crippen LogP) is 6.32. The number of nitrogens with one attached hydrogen (secondary N) is 2. The number of rotatable bonds is 6. The van der Waals surface area contributed by atoms with Crippen molar-refractivity contribution in [2.45, 2.75) is 6.18 Å². The van der Waals surface area contributed by atoms with Gasteiger partial charge in [-0.2, -0.15) is 13.2 Å². The molecular weight excluding hydrogens is 549 g/mol. The van der Waals surface area contributed by atoms with Crippen LogP contribution in [0.3, 0.4) is 0 Å². The van der Waals surface area contributed by atoms with Crippen molar-refractivity contribution in [2.24, 2.45) is 0 Å². The molecule has 0 saturated carbocycles. The molecule has 0 aliphatic carbocycles. The SMILES string of the molecule is COc1ccc(C(F)(F)F)cc1NC(=O)Nc1cccc(-c2cn3ccnc3c(-n3ccnc3-c3cccnc3)n2)c1. The molecule has 0 unspecified atom stereocenters. The van der Waals surface area contributed by atoms with E-state index < -0.39 is 17.8 Å². The van der Waals surface area contributed by atoms with Crippen LogP contribution in [-0.2, 0) is 6.18 Å². The fourth-order valence-electron chi connectivity index (χ4n) is 4.42. The number of pyridine rings is 1. The fraction of sp³-hybridized carbons (Fsp3) is 0.0690. The Morgan fingerprint density at radius 3 is 2.55 bits per heavy atom. The van der Waals surface area contributed by atoms with E-state index in [0.29, 0.717) is 34.2 Å². The zero-order chi connectivity index (χ0) is 29.3. The fourth-order valence-corrected chi connectivity index (χ4v) is 4.42. The Morgan fingerprint density at radius 2 is 1.76 bits per heavy atom. The number of fused-ring (bicyclic) bond motifs is 1. The molecule has 10 nitrogen and oxygen atoms in total. The number of aromatic nitrogens is 6. The summed E-state index contributed by atoms with van der Waals surface area (Å²) in [6.45, 7) is 0. The van der Waals surface area contributed by atoms with Crippen molar-refractivity contribution in [3.8, 4) is 34.2 Å². The number of anilines is 2. The summed E-state index contributed by atoms with van der Waals surface area (Å²) in [7, 11) is 1.30. The number of benzene rings is 2. The van der Waals surface area contributed by atoms with Crippen molar-refractivity contribution >= 4 is 23.1 Å².